The SMILES string of the molecule is CCc1ccccc1N(CC(=O)N(Cc1c(Cl)cccc1Cl)[C@@H](C)C(=O)N[C@H](C)CC)S(=O)(=O)c1ccccc1. The van der Waals surface area contributed by atoms with E-state index in [9.17, 15) is 18.0 Å². The van der Waals surface area contributed by atoms with Crippen LogP contribution in [0.2, 0.25) is 10.0 Å². The molecule has 10 heteroatoms. The zero-order valence-corrected chi connectivity index (χ0v) is 25.4. The summed E-state index contributed by atoms with van der Waals surface area (Å²) in [5.41, 5.74) is 1.63. The predicted molar refractivity (Wildman–Crippen MR) is 161 cm³/mol. The molecule has 214 valence electrons. The third kappa shape index (κ3) is 7.36. The molecule has 0 radical (unpaired) electrons. The van der Waals surface area contributed by atoms with E-state index in [2.05, 4.69) is 5.32 Å². The summed E-state index contributed by atoms with van der Waals surface area (Å²) in [5.74, 6) is -0.939. The minimum absolute atomic E-state index is 0.0527. The van der Waals surface area contributed by atoms with Gasteiger partial charge in [0, 0.05) is 28.2 Å². The zero-order chi connectivity index (χ0) is 29.4. The molecule has 0 aromatic heterocycles. The number of hydrogen-bond acceptors (Lipinski definition) is 4. The van der Waals surface area contributed by atoms with Crippen LogP contribution in [-0.4, -0.2) is 43.8 Å². The number of carbonyl (C=O) groups is 2. The lowest BCUT2D eigenvalue weighted by molar-refractivity contribution is -0.139. The lowest BCUT2D eigenvalue weighted by atomic mass is 10.1. The minimum Gasteiger partial charge on any atom is -0.352 e. The van der Waals surface area contributed by atoms with Gasteiger partial charge in [-0.25, -0.2) is 8.42 Å². The number of halogens is 2. The van der Waals surface area contributed by atoms with Crippen molar-refractivity contribution in [3.05, 3.63) is 94.0 Å². The summed E-state index contributed by atoms with van der Waals surface area (Å²) in [6.45, 7) is 6.73. The molecule has 2 amide bonds. The zero-order valence-electron chi connectivity index (χ0n) is 23.1. The Morgan fingerprint density at radius 3 is 2.08 bits per heavy atom. The highest BCUT2D eigenvalue weighted by molar-refractivity contribution is 7.92. The van der Waals surface area contributed by atoms with E-state index in [0.29, 0.717) is 34.1 Å². The number of nitrogens with one attached hydrogen (secondary N) is 1. The van der Waals surface area contributed by atoms with Gasteiger partial charge >= 0.3 is 0 Å². The standard InChI is InChI=1S/C30H35Cl2N3O4S/c1-5-21(3)33-30(37)22(4)34(19-25-26(31)16-12-17-27(25)32)29(36)20-35(28-18-11-10-13-23(28)6-2)40(38,39)24-14-8-7-9-15-24/h7-18,21-22H,5-6,19-20H2,1-4H3,(H,33,37)/t21-,22+/m1/s1. The largest absolute Gasteiger partial charge is 0.352 e. The second-order valence-electron chi connectivity index (χ2n) is 9.52. The fraction of sp³-hybridized carbons (Fsp3) is 0.333. The third-order valence-electron chi connectivity index (χ3n) is 6.81. The van der Waals surface area contributed by atoms with E-state index in [1.165, 1.54) is 17.0 Å². The van der Waals surface area contributed by atoms with Crippen LogP contribution in [0.3, 0.4) is 0 Å². The smallest absolute Gasteiger partial charge is 0.264 e. The highest BCUT2D eigenvalue weighted by Crippen LogP contribution is 2.30. The van der Waals surface area contributed by atoms with Gasteiger partial charge in [0.15, 0.2) is 0 Å². The molecule has 0 aliphatic rings. The topological polar surface area (TPSA) is 86.8 Å². The number of hydrogen-bond donors (Lipinski definition) is 1. The van der Waals surface area contributed by atoms with Crippen molar-refractivity contribution in [1.29, 1.82) is 0 Å². The molecule has 0 aliphatic carbocycles. The molecule has 3 rings (SSSR count). The molecule has 0 spiro atoms. The van der Waals surface area contributed by atoms with E-state index in [1.807, 2.05) is 32.9 Å². The summed E-state index contributed by atoms with van der Waals surface area (Å²) in [6.07, 6.45) is 1.26. The highest BCUT2D eigenvalue weighted by Gasteiger charge is 2.34. The number of carbonyl (C=O) groups excluding carboxylic acids is 2. The summed E-state index contributed by atoms with van der Waals surface area (Å²) in [4.78, 5) is 28.7. The van der Waals surface area contributed by atoms with Gasteiger partial charge in [-0.15, -0.1) is 0 Å². The second-order valence-corrected chi connectivity index (χ2v) is 12.2. The lowest BCUT2D eigenvalue weighted by Gasteiger charge is -2.33. The summed E-state index contributed by atoms with van der Waals surface area (Å²) >= 11 is 12.9. The quantitative estimate of drug-likeness (QED) is 0.272. The summed E-state index contributed by atoms with van der Waals surface area (Å²) in [5, 5.41) is 3.58. The maximum absolute atomic E-state index is 14.1. The number of amides is 2. The molecule has 0 aliphatic heterocycles. The van der Waals surface area contributed by atoms with Crippen LogP contribution in [0.25, 0.3) is 0 Å². The summed E-state index contributed by atoms with van der Waals surface area (Å²) < 4.78 is 29.0. The molecular weight excluding hydrogens is 569 g/mol. The predicted octanol–water partition coefficient (Wildman–Crippen LogP) is 6.08. The number of anilines is 1. The van der Waals surface area contributed by atoms with E-state index in [1.54, 1.807) is 55.5 Å². The Bertz CT molecular complexity index is 1410. The highest BCUT2D eigenvalue weighted by atomic mass is 35.5. The molecule has 3 aromatic carbocycles. The van der Waals surface area contributed by atoms with E-state index >= 15 is 0 Å². The number of benzene rings is 3. The summed E-state index contributed by atoms with van der Waals surface area (Å²) in [7, 11) is -4.14. The maximum Gasteiger partial charge on any atom is 0.264 e. The average Bonchev–Trinajstić information content (AvgIpc) is 2.95. The summed E-state index contributed by atoms with van der Waals surface area (Å²) in [6, 6.07) is 19.0. The molecule has 0 heterocycles. The Morgan fingerprint density at radius 2 is 1.48 bits per heavy atom. The monoisotopic (exact) mass is 603 g/mol. The number of sulfonamides is 1. The molecular formula is C30H35Cl2N3O4S. The van der Waals surface area contributed by atoms with Crippen molar-refractivity contribution in [3.8, 4) is 0 Å². The third-order valence-corrected chi connectivity index (χ3v) is 9.29. The molecule has 0 saturated heterocycles. The normalized spacial score (nSPS) is 12.8. The van der Waals surface area contributed by atoms with Crippen LogP contribution in [-0.2, 0) is 32.6 Å². The minimum atomic E-state index is -4.14. The molecule has 3 aromatic rings. The van der Waals surface area contributed by atoms with Crippen LogP contribution in [0.1, 0.15) is 45.2 Å². The Kier molecular flexibility index (Phi) is 11.0. The fourth-order valence-electron chi connectivity index (χ4n) is 4.19. The first-order chi connectivity index (χ1) is 19.0. The van der Waals surface area contributed by atoms with Crippen molar-refractivity contribution in [1.82, 2.24) is 10.2 Å². The Labute approximate surface area is 247 Å². The number of rotatable bonds is 12. The van der Waals surface area contributed by atoms with E-state index in [-0.39, 0.29) is 23.4 Å². The van der Waals surface area contributed by atoms with Crippen LogP contribution in [0.15, 0.2) is 77.7 Å². The molecule has 40 heavy (non-hydrogen) atoms. The maximum atomic E-state index is 14.1. The van der Waals surface area contributed by atoms with Crippen molar-refractivity contribution in [2.24, 2.45) is 0 Å². The van der Waals surface area contributed by atoms with Gasteiger partial charge in [-0.1, -0.05) is 79.5 Å². The van der Waals surface area contributed by atoms with E-state index in [0.717, 1.165) is 9.87 Å². The van der Waals surface area contributed by atoms with Crippen LogP contribution in [0, 0.1) is 0 Å². The van der Waals surface area contributed by atoms with Crippen molar-refractivity contribution in [2.75, 3.05) is 10.8 Å². The van der Waals surface area contributed by atoms with Gasteiger partial charge in [-0.05, 0) is 62.6 Å². The van der Waals surface area contributed by atoms with Crippen LogP contribution >= 0.6 is 23.2 Å². The fourth-order valence-corrected chi connectivity index (χ4v) is 6.18. The molecule has 1 N–H and O–H groups in total. The van der Waals surface area contributed by atoms with Crippen molar-refractivity contribution >= 4 is 50.7 Å². The molecule has 0 fully saturated rings. The van der Waals surface area contributed by atoms with Crippen molar-refractivity contribution in [3.63, 3.8) is 0 Å². The van der Waals surface area contributed by atoms with Gasteiger partial charge < -0.3 is 10.2 Å². The Hall–Kier alpha value is -3.07. The molecule has 0 saturated carbocycles. The lowest BCUT2D eigenvalue weighted by Crippen LogP contribution is -2.52. The Balaban J connectivity index is 2.09. The van der Waals surface area contributed by atoms with Gasteiger partial charge in [0.25, 0.3) is 10.0 Å². The number of nitrogens with zero attached hydrogens (tertiary/aromatic N) is 2. The average molecular weight is 605 g/mol. The van der Waals surface area contributed by atoms with Crippen molar-refractivity contribution < 1.29 is 18.0 Å². The van der Waals surface area contributed by atoms with E-state index < -0.39 is 28.5 Å². The second kappa shape index (κ2) is 14.0. The van der Waals surface area contributed by atoms with E-state index in [4.69, 9.17) is 23.2 Å². The van der Waals surface area contributed by atoms with Gasteiger partial charge in [0.2, 0.25) is 11.8 Å². The number of aryl methyl sites for hydroxylation is 1. The first kappa shape index (κ1) is 31.5. The first-order valence-corrected chi connectivity index (χ1v) is 15.4. The molecule has 0 bridgehead atoms. The van der Waals surface area contributed by atoms with Gasteiger partial charge in [-0.3, -0.25) is 13.9 Å². The van der Waals surface area contributed by atoms with Gasteiger partial charge in [-0.2, -0.15) is 0 Å². The molecule has 2 atom stereocenters. The Morgan fingerprint density at radius 1 is 0.875 bits per heavy atom. The van der Waals surface area contributed by atoms with Crippen LogP contribution < -0.4 is 9.62 Å². The van der Waals surface area contributed by atoms with Crippen LogP contribution in [0.5, 0.6) is 0 Å². The van der Waals surface area contributed by atoms with Gasteiger partial charge in [0.05, 0.1) is 10.6 Å². The van der Waals surface area contributed by atoms with Crippen LogP contribution in [0.4, 0.5) is 5.69 Å². The molecule has 0 unspecified atom stereocenters. The number of para-hydroxylation sites is 1. The van der Waals surface area contributed by atoms with Gasteiger partial charge in [0.1, 0.15) is 12.6 Å². The first-order valence-electron chi connectivity index (χ1n) is 13.2. The van der Waals surface area contributed by atoms with Crippen molar-refractivity contribution in [2.45, 2.75) is 64.1 Å². The molecule has 7 nitrogen and oxygen atoms in total.